The number of rotatable bonds is 12. The molecular formula is C20H35NO14S. The van der Waals surface area contributed by atoms with Crippen molar-refractivity contribution in [2.75, 3.05) is 33.5 Å². The van der Waals surface area contributed by atoms with Crippen LogP contribution in [0.5, 0.6) is 0 Å². The van der Waals surface area contributed by atoms with E-state index < -0.39 is 96.1 Å². The lowest BCUT2D eigenvalue weighted by atomic mass is 9.83. The third-order valence-electron chi connectivity index (χ3n) is 6.31. The van der Waals surface area contributed by atoms with Crippen LogP contribution in [0.1, 0.15) is 20.3 Å². The predicted molar refractivity (Wildman–Crippen MR) is 118 cm³/mol. The Hall–Kier alpha value is -1.47. The topological polar surface area (TPSA) is 228 Å². The lowest BCUT2D eigenvalue weighted by Gasteiger charge is -2.45. The van der Waals surface area contributed by atoms with Crippen LogP contribution < -0.4 is 5.32 Å². The highest BCUT2D eigenvalue weighted by molar-refractivity contribution is 7.80. The minimum absolute atomic E-state index is 0.296. The monoisotopic (exact) mass is 545 g/mol. The molecule has 2 aliphatic rings. The van der Waals surface area contributed by atoms with E-state index in [-0.39, 0.29) is 13.2 Å². The smallest absolute Gasteiger partial charge is 0.397 e. The second-order valence-corrected chi connectivity index (χ2v) is 9.80. The summed E-state index contributed by atoms with van der Waals surface area (Å²) in [5, 5.41) is 43.4. The molecule has 15 nitrogen and oxygen atoms in total. The number of ether oxygens (including phenoxy) is 4. The molecule has 2 fully saturated rings. The summed E-state index contributed by atoms with van der Waals surface area (Å²) in [5.41, 5.74) is 0. The number of hydrogen-bond acceptors (Lipinski definition) is 12. The number of hydrogen-bond donors (Lipinski definition) is 6. The normalized spacial score (nSPS) is 37.4. The van der Waals surface area contributed by atoms with Gasteiger partial charge in [-0.3, -0.25) is 9.35 Å². The van der Waals surface area contributed by atoms with Crippen LogP contribution in [0.3, 0.4) is 0 Å². The van der Waals surface area contributed by atoms with Crippen molar-refractivity contribution in [3.8, 4) is 0 Å². The quantitative estimate of drug-likeness (QED) is 0.137. The lowest BCUT2D eigenvalue weighted by Crippen LogP contribution is -2.63. The van der Waals surface area contributed by atoms with Crippen molar-refractivity contribution in [3.63, 3.8) is 0 Å². The zero-order valence-corrected chi connectivity index (χ0v) is 20.9. The van der Waals surface area contributed by atoms with Crippen LogP contribution in [0.25, 0.3) is 0 Å². The van der Waals surface area contributed by atoms with Gasteiger partial charge in [0.1, 0.15) is 18.3 Å². The van der Waals surface area contributed by atoms with Gasteiger partial charge >= 0.3 is 16.4 Å². The van der Waals surface area contributed by atoms with Gasteiger partial charge in [0.15, 0.2) is 6.10 Å². The fourth-order valence-electron chi connectivity index (χ4n) is 4.67. The van der Waals surface area contributed by atoms with Gasteiger partial charge in [-0.2, -0.15) is 8.42 Å². The Balaban J connectivity index is 2.19. The van der Waals surface area contributed by atoms with Crippen LogP contribution in [-0.2, 0) is 43.1 Å². The molecule has 210 valence electrons. The number of methoxy groups -OCH3 is 1. The Morgan fingerprint density at radius 3 is 2.17 bits per heavy atom. The molecule has 0 bridgehead atoms. The fourth-order valence-corrected chi connectivity index (χ4v) is 5.19. The molecule has 0 saturated carbocycles. The zero-order valence-electron chi connectivity index (χ0n) is 20.1. The second-order valence-electron chi connectivity index (χ2n) is 8.75. The number of carboxylic acids is 1. The summed E-state index contributed by atoms with van der Waals surface area (Å²) in [7, 11) is -3.81. The van der Waals surface area contributed by atoms with Gasteiger partial charge in [0.05, 0.1) is 50.8 Å². The molecule has 10 atom stereocenters. The van der Waals surface area contributed by atoms with Crippen LogP contribution in [0.2, 0.25) is 0 Å². The Morgan fingerprint density at radius 2 is 1.67 bits per heavy atom. The Labute approximate surface area is 208 Å². The number of aliphatic hydroxyl groups excluding tert-OH is 3. The van der Waals surface area contributed by atoms with E-state index in [0.717, 1.165) is 0 Å². The van der Waals surface area contributed by atoms with Crippen molar-refractivity contribution in [3.05, 3.63) is 0 Å². The largest absolute Gasteiger partial charge is 0.479 e. The van der Waals surface area contributed by atoms with E-state index in [1.54, 1.807) is 6.92 Å². The van der Waals surface area contributed by atoms with E-state index in [1.807, 2.05) is 0 Å². The fraction of sp³-hybridized carbons (Fsp3) is 0.900. The van der Waals surface area contributed by atoms with Crippen LogP contribution in [0.4, 0.5) is 0 Å². The SMILES string of the molecule is CCC1C(CO)OC(COCC2C(C(=O)O)OC(COC)C(OS(=O)(=O)O)C2O)C(NC(C)=O)C1O. The number of amides is 1. The molecule has 6 N–H and O–H groups in total. The van der Waals surface area contributed by atoms with Gasteiger partial charge in [-0.25, -0.2) is 8.98 Å². The predicted octanol–water partition coefficient (Wildman–Crippen LogP) is -2.68. The molecule has 1 amide bonds. The molecule has 36 heavy (non-hydrogen) atoms. The summed E-state index contributed by atoms with van der Waals surface area (Å²) in [6, 6.07) is -0.903. The highest BCUT2D eigenvalue weighted by Crippen LogP contribution is 2.32. The molecule has 0 aromatic carbocycles. The van der Waals surface area contributed by atoms with Crippen molar-refractivity contribution in [1.29, 1.82) is 0 Å². The van der Waals surface area contributed by atoms with E-state index in [4.69, 9.17) is 23.5 Å². The Kier molecular flexibility index (Phi) is 11.4. The maximum atomic E-state index is 11.8. The first-order valence-electron chi connectivity index (χ1n) is 11.3. The first kappa shape index (κ1) is 30.8. The molecule has 16 heteroatoms. The van der Waals surface area contributed by atoms with Gasteiger partial charge in [0, 0.05) is 25.9 Å². The van der Waals surface area contributed by atoms with Crippen molar-refractivity contribution in [2.45, 2.75) is 69.0 Å². The van der Waals surface area contributed by atoms with Crippen LogP contribution >= 0.6 is 0 Å². The standard InChI is InChI=1S/C20H35NO14S/c1-4-10-12(5-22)33-13(15(16(10)24)21-9(2)23)8-32-6-11-17(25)19(35-36(28,29)30)14(7-31-3)34-18(11)20(26)27/h10-19,22,24-25H,4-8H2,1-3H3,(H,21,23)(H,26,27)(H,28,29,30). The molecule has 2 heterocycles. The van der Waals surface area contributed by atoms with Gasteiger partial charge in [-0.15, -0.1) is 0 Å². The van der Waals surface area contributed by atoms with E-state index in [0.29, 0.717) is 6.42 Å². The average Bonchev–Trinajstić information content (AvgIpc) is 2.78. The number of aliphatic carboxylic acids is 1. The number of nitrogens with one attached hydrogen (secondary N) is 1. The van der Waals surface area contributed by atoms with E-state index in [2.05, 4.69) is 9.50 Å². The Bertz CT molecular complexity index is 840. The van der Waals surface area contributed by atoms with Gasteiger partial charge < -0.3 is 44.7 Å². The molecule has 2 saturated heterocycles. The summed E-state index contributed by atoms with van der Waals surface area (Å²) < 4.78 is 57.9. The minimum Gasteiger partial charge on any atom is -0.479 e. The van der Waals surface area contributed by atoms with Crippen LogP contribution in [-0.4, -0.2) is 128 Å². The van der Waals surface area contributed by atoms with Gasteiger partial charge in [-0.05, 0) is 6.42 Å². The van der Waals surface area contributed by atoms with E-state index >= 15 is 0 Å². The van der Waals surface area contributed by atoms with Gasteiger partial charge in [0.25, 0.3) is 0 Å². The molecule has 10 unspecified atom stereocenters. The summed E-state index contributed by atoms with van der Waals surface area (Å²) >= 11 is 0. The van der Waals surface area contributed by atoms with E-state index in [9.17, 15) is 38.4 Å². The Morgan fingerprint density at radius 1 is 1.00 bits per heavy atom. The number of carboxylic acid groups (broad SMARTS) is 1. The molecule has 2 rings (SSSR count). The summed E-state index contributed by atoms with van der Waals surface area (Å²) in [4.78, 5) is 23.5. The van der Waals surface area contributed by atoms with Crippen LogP contribution in [0, 0.1) is 11.8 Å². The number of aliphatic hydroxyl groups is 3. The first-order valence-corrected chi connectivity index (χ1v) is 12.7. The molecule has 0 aromatic rings. The third kappa shape index (κ3) is 7.77. The highest BCUT2D eigenvalue weighted by Gasteiger charge is 2.51. The molecule has 0 spiro atoms. The first-order chi connectivity index (χ1) is 16.8. The minimum atomic E-state index is -5.04. The maximum Gasteiger partial charge on any atom is 0.397 e. The molecule has 2 aliphatic heterocycles. The second kappa shape index (κ2) is 13.4. The summed E-state index contributed by atoms with van der Waals surface area (Å²) in [6.07, 6.45) is -8.78. The molecule has 0 radical (unpaired) electrons. The van der Waals surface area contributed by atoms with Gasteiger partial charge in [0.2, 0.25) is 5.91 Å². The summed E-state index contributed by atoms with van der Waals surface area (Å²) in [6.45, 7) is 1.51. The zero-order chi connectivity index (χ0) is 27.2. The maximum absolute atomic E-state index is 11.8. The number of carbonyl (C=O) groups is 2. The van der Waals surface area contributed by atoms with Crippen molar-refractivity contribution >= 4 is 22.3 Å². The van der Waals surface area contributed by atoms with Crippen molar-refractivity contribution in [2.24, 2.45) is 11.8 Å². The molecule has 0 aliphatic carbocycles. The average molecular weight is 546 g/mol. The molecular weight excluding hydrogens is 510 g/mol. The molecule has 0 aromatic heterocycles. The summed E-state index contributed by atoms with van der Waals surface area (Å²) in [5.74, 6) is -3.74. The van der Waals surface area contributed by atoms with Crippen molar-refractivity contribution in [1.82, 2.24) is 5.32 Å². The van der Waals surface area contributed by atoms with Gasteiger partial charge in [-0.1, -0.05) is 6.92 Å². The van der Waals surface area contributed by atoms with E-state index in [1.165, 1.54) is 14.0 Å². The van der Waals surface area contributed by atoms with Crippen LogP contribution in [0.15, 0.2) is 0 Å². The number of carbonyl (C=O) groups excluding carboxylic acids is 1. The van der Waals surface area contributed by atoms with Crippen molar-refractivity contribution < 1.29 is 66.1 Å². The lowest BCUT2D eigenvalue weighted by molar-refractivity contribution is -0.225. The third-order valence-corrected chi connectivity index (χ3v) is 6.77. The highest BCUT2D eigenvalue weighted by atomic mass is 32.3.